The topological polar surface area (TPSA) is 134 Å². The second kappa shape index (κ2) is 8.49. The Labute approximate surface area is 200 Å². The van der Waals surface area contributed by atoms with Crippen molar-refractivity contribution in [2.75, 3.05) is 22.1 Å². The fourth-order valence-electron chi connectivity index (χ4n) is 4.28. The first kappa shape index (κ1) is 21.3. The van der Waals surface area contributed by atoms with Gasteiger partial charge < -0.3 is 15.5 Å². The minimum Gasteiger partial charge on any atom is -0.351 e. The molecule has 3 aliphatic rings. The molecule has 0 atom stereocenters. The first-order chi connectivity index (χ1) is 17.0. The molecule has 0 spiro atoms. The standard InChI is InChI=1S/C24H24N8O3/c33-19-11-15(22(35)28-19)10-16-13-26-32-21(16)29-23(30-24(32)27-17-5-6-17)25-12-14-3-7-18(8-4-14)31-9-1-2-20(31)34/h3-4,7-8,10,13,17H,1-2,5-6,9,11-12H2,(H,28,33,35)(H2,25,27,29,30)/b15-10+. The predicted molar refractivity (Wildman–Crippen MR) is 129 cm³/mol. The lowest BCUT2D eigenvalue weighted by molar-refractivity contribution is -0.124. The first-order valence-electron chi connectivity index (χ1n) is 11.7. The molecule has 35 heavy (non-hydrogen) atoms. The SMILES string of the molecule is O=C1C/C(=C\c2cnn3c(NC4CC4)nc(NCc4ccc(N5CCCC5=O)cc4)nc23)C(=O)N1. The van der Waals surface area contributed by atoms with E-state index in [0.717, 1.165) is 37.1 Å². The Morgan fingerprint density at radius 1 is 1.11 bits per heavy atom. The molecule has 2 saturated heterocycles. The van der Waals surface area contributed by atoms with Gasteiger partial charge in [0.15, 0.2) is 5.65 Å². The van der Waals surface area contributed by atoms with Gasteiger partial charge in [-0.2, -0.15) is 19.6 Å². The van der Waals surface area contributed by atoms with E-state index in [1.165, 1.54) is 0 Å². The minimum atomic E-state index is -0.392. The summed E-state index contributed by atoms with van der Waals surface area (Å²) in [6, 6.07) is 8.24. The second-order valence-electron chi connectivity index (χ2n) is 9.02. The molecule has 178 valence electrons. The van der Waals surface area contributed by atoms with Crippen molar-refractivity contribution < 1.29 is 14.4 Å². The van der Waals surface area contributed by atoms with Gasteiger partial charge in [-0.15, -0.1) is 0 Å². The van der Waals surface area contributed by atoms with E-state index in [1.54, 1.807) is 16.8 Å². The number of imide groups is 1. The van der Waals surface area contributed by atoms with Crippen molar-refractivity contribution >= 4 is 47.0 Å². The predicted octanol–water partition coefficient (Wildman–Crippen LogP) is 1.87. The highest BCUT2D eigenvalue weighted by Crippen LogP contribution is 2.26. The number of aromatic nitrogens is 4. The third-order valence-corrected chi connectivity index (χ3v) is 6.30. The molecular weight excluding hydrogens is 448 g/mol. The monoisotopic (exact) mass is 472 g/mol. The largest absolute Gasteiger partial charge is 0.351 e. The molecule has 11 heteroatoms. The zero-order chi connectivity index (χ0) is 23.9. The molecule has 0 bridgehead atoms. The van der Waals surface area contributed by atoms with Crippen LogP contribution in [0.4, 0.5) is 17.6 Å². The molecular formula is C24H24N8O3. The van der Waals surface area contributed by atoms with Gasteiger partial charge in [-0.1, -0.05) is 12.1 Å². The summed E-state index contributed by atoms with van der Waals surface area (Å²) in [5.74, 6) is 0.452. The molecule has 1 aromatic carbocycles. The number of carbonyl (C=O) groups is 3. The number of rotatable bonds is 7. The van der Waals surface area contributed by atoms with Crippen LogP contribution in [0.1, 0.15) is 43.2 Å². The molecule has 1 aliphatic carbocycles. The summed E-state index contributed by atoms with van der Waals surface area (Å²) in [6.07, 6.45) is 6.95. The van der Waals surface area contributed by atoms with E-state index >= 15 is 0 Å². The Bertz CT molecular complexity index is 1370. The summed E-state index contributed by atoms with van der Waals surface area (Å²) in [5, 5.41) is 13.4. The van der Waals surface area contributed by atoms with Crippen molar-refractivity contribution in [3.63, 3.8) is 0 Å². The highest BCUT2D eigenvalue weighted by Gasteiger charge is 2.26. The van der Waals surface area contributed by atoms with Gasteiger partial charge in [-0.3, -0.25) is 19.7 Å². The van der Waals surface area contributed by atoms with Crippen LogP contribution >= 0.6 is 0 Å². The van der Waals surface area contributed by atoms with Gasteiger partial charge in [0.05, 0.1) is 12.6 Å². The molecule has 1 saturated carbocycles. The maximum atomic E-state index is 12.0. The summed E-state index contributed by atoms with van der Waals surface area (Å²) >= 11 is 0. The molecule has 3 aromatic rings. The fourth-order valence-corrected chi connectivity index (χ4v) is 4.28. The zero-order valence-electron chi connectivity index (χ0n) is 19.0. The molecule has 4 heterocycles. The van der Waals surface area contributed by atoms with E-state index in [9.17, 15) is 14.4 Å². The van der Waals surface area contributed by atoms with Gasteiger partial charge in [0, 0.05) is 42.4 Å². The number of hydrogen-bond acceptors (Lipinski definition) is 8. The van der Waals surface area contributed by atoms with Crippen LogP contribution in [0.3, 0.4) is 0 Å². The van der Waals surface area contributed by atoms with Crippen LogP contribution in [-0.2, 0) is 20.9 Å². The molecule has 2 aromatic heterocycles. The highest BCUT2D eigenvalue weighted by molar-refractivity contribution is 6.15. The average Bonchev–Trinajstić information content (AvgIpc) is 3.25. The second-order valence-corrected chi connectivity index (χ2v) is 9.02. The van der Waals surface area contributed by atoms with Crippen LogP contribution in [0, 0.1) is 0 Å². The van der Waals surface area contributed by atoms with Crippen molar-refractivity contribution in [3.8, 4) is 0 Å². The molecule has 3 fully saturated rings. The quantitative estimate of drug-likeness (QED) is 0.351. The normalized spacial score (nSPS) is 19.1. The summed E-state index contributed by atoms with van der Waals surface area (Å²) in [6.45, 7) is 1.26. The third kappa shape index (κ3) is 4.32. The smallest absolute Gasteiger partial charge is 0.254 e. The van der Waals surface area contributed by atoms with Crippen LogP contribution in [0.5, 0.6) is 0 Å². The van der Waals surface area contributed by atoms with E-state index in [4.69, 9.17) is 0 Å². The number of benzene rings is 1. The maximum Gasteiger partial charge on any atom is 0.254 e. The molecule has 0 unspecified atom stereocenters. The van der Waals surface area contributed by atoms with Gasteiger partial charge in [-0.25, -0.2) is 0 Å². The van der Waals surface area contributed by atoms with E-state index < -0.39 is 5.91 Å². The van der Waals surface area contributed by atoms with Crippen LogP contribution in [0.15, 0.2) is 36.0 Å². The molecule has 3 N–H and O–H groups in total. The van der Waals surface area contributed by atoms with Crippen LogP contribution in [0.2, 0.25) is 0 Å². The molecule has 3 amide bonds. The van der Waals surface area contributed by atoms with Gasteiger partial charge in [-0.05, 0) is 43.0 Å². The molecule has 11 nitrogen and oxygen atoms in total. The van der Waals surface area contributed by atoms with Gasteiger partial charge in [0.25, 0.3) is 5.91 Å². The van der Waals surface area contributed by atoms with Crippen molar-refractivity contribution in [1.82, 2.24) is 24.9 Å². The molecule has 2 aliphatic heterocycles. The van der Waals surface area contributed by atoms with E-state index in [-0.39, 0.29) is 18.2 Å². The van der Waals surface area contributed by atoms with Crippen molar-refractivity contribution in [2.24, 2.45) is 0 Å². The summed E-state index contributed by atoms with van der Waals surface area (Å²) in [7, 11) is 0. The van der Waals surface area contributed by atoms with Gasteiger partial charge >= 0.3 is 0 Å². The third-order valence-electron chi connectivity index (χ3n) is 6.30. The first-order valence-corrected chi connectivity index (χ1v) is 11.7. The van der Waals surface area contributed by atoms with E-state index in [2.05, 4.69) is 31.0 Å². The Morgan fingerprint density at radius 3 is 2.63 bits per heavy atom. The summed E-state index contributed by atoms with van der Waals surface area (Å²) in [4.78, 5) is 46.6. The van der Waals surface area contributed by atoms with E-state index in [0.29, 0.717) is 47.7 Å². The van der Waals surface area contributed by atoms with Crippen molar-refractivity contribution in [2.45, 2.75) is 44.7 Å². The van der Waals surface area contributed by atoms with Crippen molar-refractivity contribution in [3.05, 3.63) is 47.2 Å². The fraction of sp³-hybridized carbons (Fsp3) is 0.333. The zero-order valence-corrected chi connectivity index (χ0v) is 19.0. The summed E-state index contributed by atoms with van der Waals surface area (Å²) < 4.78 is 1.62. The Morgan fingerprint density at radius 2 is 1.94 bits per heavy atom. The van der Waals surface area contributed by atoms with Crippen LogP contribution < -0.4 is 20.9 Å². The Kier molecular flexibility index (Phi) is 5.16. The number of fused-ring (bicyclic) bond motifs is 1. The molecule has 6 rings (SSSR count). The van der Waals surface area contributed by atoms with Crippen LogP contribution in [0.25, 0.3) is 11.7 Å². The lowest BCUT2D eigenvalue weighted by Gasteiger charge is -2.16. The average molecular weight is 473 g/mol. The molecule has 0 radical (unpaired) electrons. The number of nitrogens with one attached hydrogen (secondary N) is 3. The number of nitrogens with zero attached hydrogens (tertiary/aromatic N) is 5. The minimum absolute atomic E-state index is 0.0402. The van der Waals surface area contributed by atoms with Crippen LogP contribution in [-0.4, -0.2) is 49.9 Å². The Balaban J connectivity index is 1.25. The maximum absolute atomic E-state index is 12.0. The number of carbonyl (C=O) groups excluding carboxylic acids is 3. The summed E-state index contributed by atoms with van der Waals surface area (Å²) in [5.41, 5.74) is 3.49. The lowest BCUT2D eigenvalue weighted by atomic mass is 10.1. The number of hydrogen-bond donors (Lipinski definition) is 3. The van der Waals surface area contributed by atoms with Gasteiger partial charge in [0.2, 0.25) is 23.7 Å². The number of amides is 3. The van der Waals surface area contributed by atoms with E-state index in [1.807, 2.05) is 29.2 Å². The van der Waals surface area contributed by atoms with Crippen molar-refractivity contribution in [1.29, 1.82) is 0 Å². The highest BCUT2D eigenvalue weighted by atomic mass is 16.2. The lowest BCUT2D eigenvalue weighted by Crippen LogP contribution is -2.23. The number of anilines is 3. The Hall–Kier alpha value is -4.28. The van der Waals surface area contributed by atoms with Gasteiger partial charge in [0.1, 0.15) is 0 Å².